The maximum Gasteiger partial charge on any atom is 0.305 e. The van der Waals surface area contributed by atoms with Gasteiger partial charge in [-0.25, -0.2) is 0 Å². The van der Waals surface area contributed by atoms with Crippen LogP contribution in [0.3, 0.4) is 0 Å². The zero-order valence-corrected chi connectivity index (χ0v) is 10.8. The summed E-state index contributed by atoms with van der Waals surface area (Å²) in [7, 11) is 0. The Morgan fingerprint density at radius 1 is 1.58 bits per heavy atom. The van der Waals surface area contributed by atoms with Crippen LogP contribution in [0.25, 0.3) is 0 Å². The molecule has 1 saturated heterocycles. The molecule has 102 valence electrons. The summed E-state index contributed by atoms with van der Waals surface area (Å²) in [6.45, 7) is 3.58. The van der Waals surface area contributed by atoms with Crippen molar-refractivity contribution in [1.82, 2.24) is 15.2 Å². The highest BCUT2D eigenvalue weighted by atomic mass is 16.4. The van der Waals surface area contributed by atoms with E-state index in [2.05, 4.69) is 10.3 Å². The van der Waals surface area contributed by atoms with Gasteiger partial charge in [0.2, 0.25) is 5.91 Å². The van der Waals surface area contributed by atoms with Crippen molar-refractivity contribution < 1.29 is 14.7 Å². The number of carboxylic acid groups (broad SMARTS) is 1. The predicted molar refractivity (Wildman–Crippen MR) is 68.4 cm³/mol. The van der Waals surface area contributed by atoms with Gasteiger partial charge < -0.3 is 10.4 Å². The molecule has 1 aliphatic rings. The molecule has 2 N–H and O–H groups in total. The fourth-order valence-corrected chi connectivity index (χ4v) is 2.23. The quantitative estimate of drug-likeness (QED) is 0.809. The lowest BCUT2D eigenvalue weighted by molar-refractivity contribution is -0.143. The van der Waals surface area contributed by atoms with Crippen LogP contribution in [0.1, 0.15) is 17.8 Å². The number of aliphatic carboxylic acids is 1. The van der Waals surface area contributed by atoms with E-state index in [0.29, 0.717) is 19.6 Å². The minimum atomic E-state index is -0.968. The van der Waals surface area contributed by atoms with Gasteiger partial charge in [0.25, 0.3) is 0 Å². The van der Waals surface area contributed by atoms with E-state index in [4.69, 9.17) is 5.11 Å². The summed E-state index contributed by atoms with van der Waals surface area (Å²) in [5.41, 5.74) is 1.76. The largest absolute Gasteiger partial charge is 0.481 e. The number of aryl methyl sites for hydroxylation is 1. The first-order chi connectivity index (χ1) is 9.06. The zero-order valence-electron chi connectivity index (χ0n) is 10.8. The highest BCUT2D eigenvalue weighted by Gasteiger charge is 2.31. The minimum Gasteiger partial charge on any atom is -0.481 e. The molecule has 1 aromatic rings. The normalized spacial score (nSPS) is 20.1. The standard InChI is InChI=1S/C13H17N3O3/c1-9-3-2-4-10(15-9)8-16-6-5-14-13(19)11(16)7-12(17)18/h2-4,11H,5-8H2,1H3,(H,14,19)(H,17,18)/t11-/m1/s1. The molecule has 6 heteroatoms. The van der Waals surface area contributed by atoms with Gasteiger partial charge in [0.15, 0.2) is 0 Å². The highest BCUT2D eigenvalue weighted by molar-refractivity contribution is 5.86. The van der Waals surface area contributed by atoms with Crippen molar-refractivity contribution in [3.05, 3.63) is 29.6 Å². The number of hydrogen-bond donors (Lipinski definition) is 2. The third-order valence-electron chi connectivity index (χ3n) is 3.12. The van der Waals surface area contributed by atoms with E-state index in [-0.39, 0.29) is 12.3 Å². The number of rotatable bonds is 4. The van der Waals surface area contributed by atoms with Crippen LogP contribution < -0.4 is 5.32 Å². The predicted octanol–water partition coefficient (Wildman–Crippen LogP) is 0.165. The number of aromatic nitrogens is 1. The van der Waals surface area contributed by atoms with E-state index < -0.39 is 12.0 Å². The first-order valence-corrected chi connectivity index (χ1v) is 6.22. The van der Waals surface area contributed by atoms with Crippen molar-refractivity contribution in [2.75, 3.05) is 13.1 Å². The van der Waals surface area contributed by atoms with Gasteiger partial charge in [0, 0.05) is 25.3 Å². The number of carboxylic acids is 1. The number of pyridine rings is 1. The minimum absolute atomic E-state index is 0.183. The summed E-state index contributed by atoms with van der Waals surface area (Å²) in [6, 6.07) is 5.08. The first kappa shape index (κ1) is 13.5. The van der Waals surface area contributed by atoms with Crippen LogP contribution in [0.2, 0.25) is 0 Å². The van der Waals surface area contributed by atoms with Crippen LogP contribution in [0.15, 0.2) is 18.2 Å². The Bertz CT molecular complexity index is 490. The summed E-state index contributed by atoms with van der Waals surface area (Å²) in [6.07, 6.45) is -0.183. The second kappa shape index (κ2) is 5.79. The van der Waals surface area contributed by atoms with Crippen LogP contribution in [-0.2, 0) is 16.1 Å². The molecule has 1 atom stereocenters. The monoisotopic (exact) mass is 263 g/mol. The van der Waals surface area contributed by atoms with Crippen molar-refractivity contribution in [2.45, 2.75) is 25.9 Å². The van der Waals surface area contributed by atoms with E-state index in [0.717, 1.165) is 11.4 Å². The van der Waals surface area contributed by atoms with E-state index in [1.54, 1.807) is 0 Å². The first-order valence-electron chi connectivity index (χ1n) is 6.22. The molecule has 0 spiro atoms. The summed E-state index contributed by atoms with van der Waals surface area (Å²) < 4.78 is 0. The van der Waals surface area contributed by atoms with Gasteiger partial charge in [-0.3, -0.25) is 19.5 Å². The number of amides is 1. The molecule has 1 aliphatic heterocycles. The van der Waals surface area contributed by atoms with Gasteiger partial charge in [0.05, 0.1) is 12.1 Å². The van der Waals surface area contributed by atoms with Crippen molar-refractivity contribution >= 4 is 11.9 Å². The molecule has 6 nitrogen and oxygen atoms in total. The topological polar surface area (TPSA) is 82.5 Å². The lowest BCUT2D eigenvalue weighted by Crippen LogP contribution is -2.55. The number of carbonyl (C=O) groups excluding carboxylic acids is 1. The lowest BCUT2D eigenvalue weighted by atomic mass is 10.1. The van der Waals surface area contributed by atoms with Gasteiger partial charge in [0.1, 0.15) is 6.04 Å². The van der Waals surface area contributed by atoms with E-state index in [9.17, 15) is 9.59 Å². The number of hydrogen-bond acceptors (Lipinski definition) is 4. The van der Waals surface area contributed by atoms with Crippen LogP contribution in [0.4, 0.5) is 0 Å². The number of nitrogens with zero attached hydrogens (tertiary/aromatic N) is 2. The van der Waals surface area contributed by atoms with Gasteiger partial charge >= 0.3 is 5.97 Å². The molecular formula is C13H17N3O3. The Kier molecular flexibility index (Phi) is 4.11. The van der Waals surface area contributed by atoms with Gasteiger partial charge in [-0.2, -0.15) is 0 Å². The highest BCUT2D eigenvalue weighted by Crippen LogP contribution is 2.13. The molecule has 1 aromatic heterocycles. The Morgan fingerprint density at radius 3 is 3.05 bits per heavy atom. The van der Waals surface area contributed by atoms with Crippen LogP contribution in [-0.4, -0.2) is 46.0 Å². The smallest absolute Gasteiger partial charge is 0.305 e. The number of carbonyl (C=O) groups is 2. The molecular weight excluding hydrogens is 246 g/mol. The van der Waals surface area contributed by atoms with Crippen molar-refractivity contribution in [1.29, 1.82) is 0 Å². The second-order valence-corrected chi connectivity index (χ2v) is 4.65. The SMILES string of the molecule is Cc1cccc(CN2CCNC(=O)[C@H]2CC(=O)O)n1. The summed E-state index contributed by atoms with van der Waals surface area (Å²) in [4.78, 5) is 28.9. The third-order valence-corrected chi connectivity index (χ3v) is 3.12. The summed E-state index contributed by atoms with van der Waals surface area (Å²) in [5.74, 6) is -1.19. The molecule has 0 bridgehead atoms. The van der Waals surface area contributed by atoms with Crippen LogP contribution in [0, 0.1) is 6.92 Å². The number of nitrogens with one attached hydrogen (secondary N) is 1. The third kappa shape index (κ3) is 3.51. The van der Waals surface area contributed by atoms with Crippen LogP contribution in [0.5, 0.6) is 0 Å². The van der Waals surface area contributed by atoms with Gasteiger partial charge in [-0.15, -0.1) is 0 Å². The average molecular weight is 263 g/mol. The van der Waals surface area contributed by atoms with Crippen molar-refractivity contribution in [3.63, 3.8) is 0 Å². The lowest BCUT2D eigenvalue weighted by Gasteiger charge is -2.33. The molecule has 2 rings (SSSR count). The molecule has 2 heterocycles. The summed E-state index contributed by atoms with van der Waals surface area (Å²) in [5, 5.41) is 11.6. The fourth-order valence-electron chi connectivity index (χ4n) is 2.23. The molecule has 1 fully saturated rings. The molecule has 0 radical (unpaired) electrons. The van der Waals surface area contributed by atoms with Gasteiger partial charge in [-0.1, -0.05) is 6.07 Å². The van der Waals surface area contributed by atoms with Crippen molar-refractivity contribution in [3.8, 4) is 0 Å². The molecule has 0 aliphatic carbocycles. The molecule has 0 saturated carbocycles. The maximum absolute atomic E-state index is 11.8. The second-order valence-electron chi connectivity index (χ2n) is 4.65. The molecule has 1 amide bonds. The fraction of sp³-hybridized carbons (Fsp3) is 0.462. The molecule has 0 unspecified atom stereocenters. The molecule has 19 heavy (non-hydrogen) atoms. The maximum atomic E-state index is 11.8. The van der Waals surface area contributed by atoms with Crippen molar-refractivity contribution in [2.24, 2.45) is 0 Å². The molecule has 0 aromatic carbocycles. The Balaban J connectivity index is 2.11. The van der Waals surface area contributed by atoms with E-state index >= 15 is 0 Å². The number of piperazine rings is 1. The Morgan fingerprint density at radius 2 is 2.37 bits per heavy atom. The van der Waals surface area contributed by atoms with Gasteiger partial charge in [-0.05, 0) is 19.1 Å². The zero-order chi connectivity index (χ0) is 13.8. The Labute approximate surface area is 111 Å². The van der Waals surface area contributed by atoms with E-state index in [1.807, 2.05) is 30.0 Å². The average Bonchev–Trinajstić information content (AvgIpc) is 2.33. The van der Waals surface area contributed by atoms with E-state index in [1.165, 1.54) is 0 Å². The summed E-state index contributed by atoms with van der Waals surface area (Å²) >= 11 is 0. The Hall–Kier alpha value is -1.95. The van der Waals surface area contributed by atoms with Crippen LogP contribution >= 0.6 is 0 Å².